The largest absolute Gasteiger partial charge is 0.388 e. The van der Waals surface area contributed by atoms with Crippen LogP contribution in [-0.2, 0) is 0 Å². The molecule has 92 valence electrons. The highest BCUT2D eigenvalue weighted by molar-refractivity contribution is 6.33. The lowest BCUT2D eigenvalue weighted by Crippen LogP contribution is -2.03. The molecule has 1 nitrogen and oxygen atoms in total. The van der Waals surface area contributed by atoms with Gasteiger partial charge in [-0.2, -0.15) is 0 Å². The van der Waals surface area contributed by atoms with Crippen LogP contribution in [0, 0.1) is 17.8 Å². The van der Waals surface area contributed by atoms with Crippen LogP contribution in [0.15, 0.2) is 18.2 Å². The topological polar surface area (TPSA) is 20.2 Å². The molecule has 3 rings (SSSR count). The number of rotatable bonds is 2. The Morgan fingerprint density at radius 1 is 1.12 bits per heavy atom. The van der Waals surface area contributed by atoms with Gasteiger partial charge in [0.2, 0.25) is 0 Å². The summed E-state index contributed by atoms with van der Waals surface area (Å²) < 4.78 is 0. The van der Waals surface area contributed by atoms with Crippen molar-refractivity contribution in [1.82, 2.24) is 0 Å². The van der Waals surface area contributed by atoms with E-state index in [2.05, 4.69) is 0 Å². The Kier molecular flexibility index (Phi) is 3.10. The summed E-state index contributed by atoms with van der Waals surface area (Å²) in [5.74, 6) is 1.84. The van der Waals surface area contributed by atoms with Crippen molar-refractivity contribution < 1.29 is 5.11 Å². The van der Waals surface area contributed by atoms with E-state index < -0.39 is 6.10 Å². The molecule has 0 aromatic heterocycles. The maximum Gasteiger partial charge on any atom is 0.0838 e. The quantitative estimate of drug-likeness (QED) is 0.841. The van der Waals surface area contributed by atoms with Gasteiger partial charge in [-0.1, -0.05) is 36.0 Å². The third-order valence-electron chi connectivity index (χ3n) is 4.36. The maximum atomic E-state index is 10.5. The Morgan fingerprint density at radius 3 is 2.41 bits per heavy atom. The molecule has 0 heterocycles. The van der Waals surface area contributed by atoms with Crippen molar-refractivity contribution in [3.63, 3.8) is 0 Å². The fourth-order valence-corrected chi connectivity index (χ4v) is 3.87. The average molecular weight is 271 g/mol. The molecule has 0 radical (unpaired) electrons. The van der Waals surface area contributed by atoms with E-state index in [9.17, 15) is 5.11 Å². The molecule has 0 spiro atoms. The van der Waals surface area contributed by atoms with Gasteiger partial charge in [0.1, 0.15) is 0 Å². The van der Waals surface area contributed by atoms with Crippen molar-refractivity contribution in [2.45, 2.75) is 31.8 Å². The number of aliphatic hydroxyl groups is 1. The molecule has 1 aromatic rings. The predicted molar refractivity (Wildman–Crippen MR) is 70.4 cm³/mol. The van der Waals surface area contributed by atoms with Crippen LogP contribution in [-0.4, -0.2) is 5.11 Å². The van der Waals surface area contributed by atoms with Gasteiger partial charge in [0.15, 0.2) is 0 Å². The third-order valence-corrected chi connectivity index (χ3v) is 4.94. The van der Waals surface area contributed by atoms with Gasteiger partial charge in [0.25, 0.3) is 0 Å². The number of aliphatic hydroxyl groups excluding tert-OH is 1. The summed E-state index contributed by atoms with van der Waals surface area (Å²) >= 11 is 12.1. The molecule has 0 bridgehead atoms. The van der Waals surface area contributed by atoms with Gasteiger partial charge in [0, 0.05) is 15.6 Å². The van der Waals surface area contributed by atoms with E-state index in [1.165, 1.54) is 25.7 Å². The average Bonchev–Trinajstić information content (AvgIpc) is 3.05. The van der Waals surface area contributed by atoms with Crippen LogP contribution in [0.5, 0.6) is 0 Å². The molecule has 0 saturated heterocycles. The van der Waals surface area contributed by atoms with Crippen LogP contribution in [0.1, 0.15) is 37.4 Å². The van der Waals surface area contributed by atoms with Crippen LogP contribution < -0.4 is 0 Å². The molecule has 0 amide bonds. The summed E-state index contributed by atoms with van der Waals surface area (Å²) in [5, 5.41) is 11.7. The minimum atomic E-state index is -0.436. The zero-order chi connectivity index (χ0) is 12.0. The van der Waals surface area contributed by atoms with Crippen LogP contribution in [0.3, 0.4) is 0 Å². The number of halogens is 2. The molecule has 17 heavy (non-hydrogen) atoms. The van der Waals surface area contributed by atoms with E-state index in [1.54, 1.807) is 18.2 Å². The number of hydrogen-bond acceptors (Lipinski definition) is 1. The Morgan fingerprint density at radius 2 is 1.76 bits per heavy atom. The summed E-state index contributed by atoms with van der Waals surface area (Å²) in [5.41, 5.74) is 0.804. The minimum absolute atomic E-state index is 0.411. The summed E-state index contributed by atoms with van der Waals surface area (Å²) in [4.78, 5) is 0. The molecule has 0 aliphatic heterocycles. The fraction of sp³-hybridized carbons (Fsp3) is 0.571. The molecule has 2 saturated carbocycles. The van der Waals surface area contributed by atoms with E-state index in [0.717, 1.165) is 5.56 Å². The number of fused-ring (bicyclic) bond motifs is 1. The predicted octanol–water partition coefficient (Wildman–Crippen LogP) is 4.46. The van der Waals surface area contributed by atoms with Crippen LogP contribution >= 0.6 is 23.2 Å². The summed E-state index contributed by atoms with van der Waals surface area (Å²) in [6.07, 6.45) is 4.73. The lowest BCUT2D eigenvalue weighted by molar-refractivity contribution is 0.142. The van der Waals surface area contributed by atoms with Gasteiger partial charge in [0.05, 0.1) is 6.10 Å². The first kappa shape index (κ1) is 11.8. The van der Waals surface area contributed by atoms with Gasteiger partial charge in [-0.3, -0.25) is 0 Å². The van der Waals surface area contributed by atoms with Crippen molar-refractivity contribution in [1.29, 1.82) is 0 Å². The van der Waals surface area contributed by atoms with Crippen molar-refractivity contribution in [2.75, 3.05) is 0 Å². The minimum Gasteiger partial charge on any atom is -0.388 e. The maximum absolute atomic E-state index is 10.5. The van der Waals surface area contributed by atoms with E-state index >= 15 is 0 Å². The molecular weight excluding hydrogens is 255 g/mol. The zero-order valence-electron chi connectivity index (χ0n) is 9.57. The molecule has 1 N–H and O–H groups in total. The Balaban J connectivity index is 1.82. The number of hydrogen-bond donors (Lipinski definition) is 1. The van der Waals surface area contributed by atoms with Gasteiger partial charge in [-0.05, 0) is 48.8 Å². The smallest absolute Gasteiger partial charge is 0.0838 e. The van der Waals surface area contributed by atoms with E-state index in [1.807, 2.05) is 0 Å². The Bertz CT molecular complexity index is 420. The second-order valence-corrected chi connectivity index (χ2v) is 6.14. The molecular formula is C14H16Cl2O. The van der Waals surface area contributed by atoms with E-state index in [-0.39, 0.29) is 0 Å². The summed E-state index contributed by atoms with van der Waals surface area (Å²) in [6.45, 7) is 0. The molecule has 3 heteroatoms. The monoisotopic (exact) mass is 270 g/mol. The third kappa shape index (κ3) is 2.09. The van der Waals surface area contributed by atoms with E-state index in [0.29, 0.717) is 27.8 Å². The normalized spacial score (nSPS) is 33.0. The first-order valence-corrected chi connectivity index (χ1v) is 7.07. The molecule has 2 fully saturated rings. The van der Waals surface area contributed by atoms with E-state index in [4.69, 9.17) is 23.2 Å². The SMILES string of the molecule is OC(c1cc(Cl)ccc1Cl)C1C2CCCCC21. The first-order chi connectivity index (χ1) is 8.18. The first-order valence-electron chi connectivity index (χ1n) is 6.31. The number of benzene rings is 1. The van der Waals surface area contributed by atoms with Crippen LogP contribution in [0.25, 0.3) is 0 Å². The highest BCUT2D eigenvalue weighted by Gasteiger charge is 2.54. The standard InChI is InChI=1S/C14H16Cl2O/c15-8-5-6-12(16)11(7-8)14(17)13-9-3-1-2-4-10(9)13/h5-7,9-10,13-14,17H,1-4H2. The summed E-state index contributed by atoms with van der Waals surface area (Å²) in [7, 11) is 0. The molecule has 3 atom stereocenters. The van der Waals surface area contributed by atoms with Gasteiger partial charge in [-0.15, -0.1) is 0 Å². The Hall–Kier alpha value is -0.240. The van der Waals surface area contributed by atoms with Crippen molar-refractivity contribution in [3.05, 3.63) is 33.8 Å². The summed E-state index contributed by atoms with van der Waals surface area (Å²) in [6, 6.07) is 5.34. The molecule has 3 unspecified atom stereocenters. The molecule has 2 aliphatic carbocycles. The second-order valence-electron chi connectivity index (χ2n) is 5.30. The highest BCUT2D eigenvalue weighted by atomic mass is 35.5. The van der Waals surface area contributed by atoms with Gasteiger partial charge < -0.3 is 5.11 Å². The zero-order valence-corrected chi connectivity index (χ0v) is 11.1. The molecule has 2 aliphatic rings. The van der Waals surface area contributed by atoms with Crippen molar-refractivity contribution in [3.8, 4) is 0 Å². The van der Waals surface area contributed by atoms with Crippen molar-refractivity contribution in [2.24, 2.45) is 17.8 Å². The van der Waals surface area contributed by atoms with Crippen LogP contribution in [0.4, 0.5) is 0 Å². The second kappa shape index (κ2) is 4.46. The lowest BCUT2D eigenvalue weighted by Gasteiger charge is -2.13. The molecule has 1 aromatic carbocycles. The van der Waals surface area contributed by atoms with Crippen molar-refractivity contribution >= 4 is 23.2 Å². The van der Waals surface area contributed by atoms with Gasteiger partial charge >= 0.3 is 0 Å². The van der Waals surface area contributed by atoms with Crippen LogP contribution in [0.2, 0.25) is 10.0 Å². The van der Waals surface area contributed by atoms with Gasteiger partial charge in [-0.25, -0.2) is 0 Å². The highest BCUT2D eigenvalue weighted by Crippen LogP contribution is 2.60. The fourth-order valence-electron chi connectivity index (χ4n) is 3.46. The Labute approximate surface area is 112 Å². The lowest BCUT2D eigenvalue weighted by atomic mass is 10.0.